The molecule has 1 saturated heterocycles. The Hall–Kier alpha value is -3.51. The summed E-state index contributed by atoms with van der Waals surface area (Å²) in [6, 6.07) is 12.0. The zero-order chi connectivity index (χ0) is 31.9. The Morgan fingerprint density at radius 3 is 2.21 bits per heavy atom. The molecule has 7 N–H and O–H groups in total. The van der Waals surface area contributed by atoms with E-state index in [9.17, 15) is 18.8 Å². The number of nitrogens with one attached hydrogen (secondary N) is 4. The van der Waals surface area contributed by atoms with Crippen LogP contribution in [0.2, 0.25) is 0 Å². The van der Waals surface area contributed by atoms with Gasteiger partial charge in [-0.1, -0.05) is 19.9 Å². The summed E-state index contributed by atoms with van der Waals surface area (Å²) >= 11 is 3.56. The first-order chi connectivity index (χ1) is 19.8. The Morgan fingerprint density at radius 2 is 1.71 bits per heavy atom. The maximum absolute atomic E-state index is 12.3. The van der Waals surface area contributed by atoms with Crippen molar-refractivity contribution in [1.82, 2.24) is 10.6 Å². The molecule has 0 radical (unpaired) electrons. The van der Waals surface area contributed by atoms with Crippen molar-refractivity contribution in [2.45, 2.75) is 65.6 Å². The average Bonchev–Trinajstić information content (AvgIpc) is 2.94. The van der Waals surface area contributed by atoms with E-state index in [4.69, 9.17) is 21.0 Å². The van der Waals surface area contributed by atoms with Gasteiger partial charge < -0.3 is 31.5 Å². The average molecular weight is 653 g/mol. The van der Waals surface area contributed by atoms with Gasteiger partial charge in [0.05, 0.1) is 17.1 Å². The van der Waals surface area contributed by atoms with Gasteiger partial charge in [0.15, 0.2) is 0 Å². The third-order valence-electron chi connectivity index (χ3n) is 6.08. The molecule has 1 heterocycles. The molecule has 2 aromatic carbocycles. The molecule has 0 bridgehead atoms. The summed E-state index contributed by atoms with van der Waals surface area (Å²) < 4.78 is 18.7. The number of carboxylic acid groups (broad SMARTS) is 1. The number of alkyl halides is 1. The van der Waals surface area contributed by atoms with Crippen molar-refractivity contribution < 1.29 is 28.6 Å². The predicted molar refractivity (Wildman–Crippen MR) is 167 cm³/mol. The molecule has 0 saturated carbocycles. The molecule has 1 aliphatic rings. The Bertz CT molecular complexity index is 1180. The van der Waals surface area contributed by atoms with Crippen molar-refractivity contribution in [3.8, 4) is 5.75 Å². The second kappa shape index (κ2) is 18.1. The molecule has 3 rings (SSSR count). The normalized spacial score (nSPS) is 13.7. The number of amidine groups is 1. The first kappa shape index (κ1) is 36.5. The molecule has 1 atom stereocenters. The quantitative estimate of drug-likeness (QED) is 0.117. The van der Waals surface area contributed by atoms with Crippen LogP contribution in [0.5, 0.6) is 5.75 Å². The number of carboxylic acids is 1. The van der Waals surface area contributed by atoms with Crippen LogP contribution in [-0.2, 0) is 14.4 Å². The predicted octanol–water partition coefficient (Wildman–Crippen LogP) is 5.16. The first-order valence-corrected chi connectivity index (χ1v) is 14.6. The van der Waals surface area contributed by atoms with Crippen LogP contribution in [0.3, 0.4) is 0 Å². The number of hydrogen-bond donors (Lipinski definition) is 6. The number of ether oxygens (including phenoxy) is 1. The van der Waals surface area contributed by atoms with Crippen molar-refractivity contribution in [2.75, 3.05) is 25.0 Å². The maximum atomic E-state index is 12.3. The standard InChI is InChI=1S/C24H30BrN5O3.C4H7FO2.C2H6/c1-15(18-4-7-21(20(25)12-18)33-14-16-8-10-28-11-9-16)29-22(31)13-23(32)30-19-5-2-17(3-6-19)24(26)27;1-4(2,5)3(6)7;1-2/h2-7,12,15-16,28H,8-11,13-14H2,1H3,(H3,26,27)(H,29,31)(H,30,32);1-2H3,(H,6,7);1-2H3. The second-order valence-corrected chi connectivity index (χ2v) is 10.8. The fourth-order valence-electron chi connectivity index (χ4n) is 3.62. The van der Waals surface area contributed by atoms with Crippen molar-refractivity contribution >= 4 is 45.2 Å². The summed E-state index contributed by atoms with van der Waals surface area (Å²) in [7, 11) is 0. The number of carbonyl (C=O) groups excluding carboxylic acids is 2. The van der Waals surface area contributed by atoms with Gasteiger partial charge in [-0.05, 0) is 111 Å². The molecular formula is C30H43BrFN5O5. The molecule has 2 aromatic rings. The summed E-state index contributed by atoms with van der Waals surface area (Å²) in [5, 5.41) is 24.1. The SMILES string of the molecule is CC.CC(C)(F)C(=O)O.CC(NC(=O)CC(=O)Nc1ccc(C(=N)N)cc1)c1ccc(OCC2CCNCC2)c(Br)c1. The van der Waals surface area contributed by atoms with Gasteiger partial charge in [-0.15, -0.1) is 0 Å². The maximum Gasteiger partial charge on any atom is 0.340 e. The molecule has 1 unspecified atom stereocenters. The van der Waals surface area contributed by atoms with Gasteiger partial charge in [0.25, 0.3) is 0 Å². The van der Waals surface area contributed by atoms with E-state index in [1.165, 1.54) is 0 Å². The summed E-state index contributed by atoms with van der Waals surface area (Å²) in [6.07, 6.45) is 1.95. The molecule has 0 aromatic heterocycles. The van der Waals surface area contributed by atoms with Crippen LogP contribution in [0.4, 0.5) is 10.1 Å². The number of amides is 2. The van der Waals surface area contributed by atoms with Gasteiger partial charge >= 0.3 is 5.97 Å². The lowest BCUT2D eigenvalue weighted by Gasteiger charge is -2.23. The smallest absolute Gasteiger partial charge is 0.340 e. The second-order valence-electron chi connectivity index (χ2n) is 9.98. The zero-order valence-electron chi connectivity index (χ0n) is 24.9. The zero-order valence-corrected chi connectivity index (χ0v) is 26.4. The van der Waals surface area contributed by atoms with E-state index in [2.05, 4.69) is 31.9 Å². The number of nitrogens with two attached hydrogens (primary N) is 1. The van der Waals surface area contributed by atoms with Crippen LogP contribution in [-0.4, -0.2) is 54.1 Å². The van der Waals surface area contributed by atoms with Crippen LogP contribution in [0, 0.1) is 11.3 Å². The third kappa shape index (κ3) is 13.4. The van der Waals surface area contributed by atoms with Crippen molar-refractivity contribution in [2.24, 2.45) is 11.7 Å². The van der Waals surface area contributed by atoms with Crippen molar-refractivity contribution in [1.29, 1.82) is 5.41 Å². The lowest BCUT2D eigenvalue weighted by Crippen LogP contribution is -2.30. The number of benzene rings is 2. The molecule has 0 aliphatic carbocycles. The van der Waals surface area contributed by atoms with Crippen molar-refractivity contribution in [3.05, 3.63) is 58.1 Å². The molecule has 232 valence electrons. The third-order valence-corrected chi connectivity index (χ3v) is 6.70. The van der Waals surface area contributed by atoms with Gasteiger partial charge in [-0.2, -0.15) is 0 Å². The van der Waals surface area contributed by atoms with Crippen LogP contribution in [0.25, 0.3) is 0 Å². The van der Waals surface area contributed by atoms with E-state index >= 15 is 0 Å². The van der Waals surface area contributed by atoms with Crippen LogP contribution in [0.15, 0.2) is 46.9 Å². The van der Waals surface area contributed by atoms with Crippen LogP contribution >= 0.6 is 15.9 Å². The highest BCUT2D eigenvalue weighted by atomic mass is 79.9. The summed E-state index contributed by atoms with van der Waals surface area (Å²) in [6.45, 7) is 10.6. The van der Waals surface area contributed by atoms with E-state index < -0.39 is 17.5 Å². The summed E-state index contributed by atoms with van der Waals surface area (Å²) in [4.78, 5) is 34.2. The number of piperidine rings is 1. The topological polar surface area (TPSA) is 167 Å². The number of nitrogen functional groups attached to an aromatic ring is 1. The first-order valence-electron chi connectivity index (χ1n) is 13.8. The highest BCUT2D eigenvalue weighted by Gasteiger charge is 2.25. The van der Waals surface area contributed by atoms with Crippen molar-refractivity contribution in [3.63, 3.8) is 0 Å². The van der Waals surface area contributed by atoms with E-state index in [0.717, 1.165) is 55.6 Å². The highest BCUT2D eigenvalue weighted by Crippen LogP contribution is 2.29. The molecule has 42 heavy (non-hydrogen) atoms. The number of halogens is 2. The van der Waals surface area contributed by atoms with E-state index in [1.54, 1.807) is 24.3 Å². The van der Waals surface area contributed by atoms with E-state index in [1.807, 2.05) is 39.0 Å². The fourth-order valence-corrected chi connectivity index (χ4v) is 4.13. The van der Waals surface area contributed by atoms with Crippen LogP contribution < -0.4 is 26.4 Å². The summed E-state index contributed by atoms with van der Waals surface area (Å²) in [5.41, 5.74) is 5.34. The molecular weight excluding hydrogens is 609 g/mol. The lowest BCUT2D eigenvalue weighted by atomic mass is 9.99. The molecule has 2 amide bonds. The number of aliphatic carboxylic acids is 1. The van der Waals surface area contributed by atoms with Gasteiger partial charge in [0, 0.05) is 11.3 Å². The molecule has 12 heteroatoms. The number of anilines is 1. The number of carbonyl (C=O) groups is 3. The van der Waals surface area contributed by atoms with Gasteiger partial charge in [0.1, 0.15) is 18.0 Å². The number of hydrogen-bond acceptors (Lipinski definition) is 6. The van der Waals surface area contributed by atoms with Gasteiger partial charge in [-0.3, -0.25) is 15.0 Å². The monoisotopic (exact) mass is 651 g/mol. The molecule has 1 fully saturated rings. The fraction of sp³-hybridized carbons (Fsp3) is 0.467. The molecule has 0 spiro atoms. The van der Waals surface area contributed by atoms with E-state index in [0.29, 0.717) is 23.8 Å². The Kier molecular flexibility index (Phi) is 15.8. The Labute approximate surface area is 255 Å². The molecule has 1 aliphatic heterocycles. The molecule has 10 nitrogen and oxygen atoms in total. The minimum absolute atomic E-state index is 0.0470. The Balaban J connectivity index is 0.000000858. The largest absolute Gasteiger partial charge is 0.492 e. The minimum Gasteiger partial charge on any atom is -0.492 e. The highest BCUT2D eigenvalue weighted by molar-refractivity contribution is 9.10. The van der Waals surface area contributed by atoms with E-state index in [-0.39, 0.29) is 24.2 Å². The number of rotatable bonds is 10. The van der Waals surface area contributed by atoms with Gasteiger partial charge in [-0.25, -0.2) is 9.18 Å². The Morgan fingerprint density at radius 1 is 1.14 bits per heavy atom. The minimum atomic E-state index is -2.08. The van der Waals surface area contributed by atoms with Gasteiger partial charge in [0.2, 0.25) is 17.5 Å². The summed E-state index contributed by atoms with van der Waals surface area (Å²) in [5.74, 6) is -0.914. The van der Waals surface area contributed by atoms with Crippen LogP contribution in [0.1, 0.15) is 71.0 Å². The lowest BCUT2D eigenvalue weighted by molar-refractivity contribution is -0.148.